The largest absolute Gasteiger partial charge is 0.349 e. The van der Waals surface area contributed by atoms with Gasteiger partial charge in [-0.3, -0.25) is 9.48 Å². The predicted octanol–water partition coefficient (Wildman–Crippen LogP) is 0.702. The Bertz CT molecular complexity index is 368. The number of hydrogen-bond donors (Lipinski definition) is 2. The van der Waals surface area contributed by atoms with Crippen LogP contribution in [0, 0.1) is 0 Å². The van der Waals surface area contributed by atoms with Crippen LogP contribution < -0.4 is 10.6 Å². The maximum absolute atomic E-state index is 12.1. The van der Waals surface area contributed by atoms with Gasteiger partial charge in [0.2, 0.25) is 5.91 Å². The summed E-state index contributed by atoms with van der Waals surface area (Å²) in [6.07, 6.45) is 5.46. The summed E-state index contributed by atoms with van der Waals surface area (Å²) in [7, 11) is 0. The van der Waals surface area contributed by atoms with Gasteiger partial charge in [0, 0.05) is 17.9 Å². The zero-order valence-electron chi connectivity index (χ0n) is 10.4. The van der Waals surface area contributed by atoms with Gasteiger partial charge in [-0.2, -0.15) is 5.10 Å². The molecule has 0 radical (unpaired) electrons. The molecule has 1 aromatic heterocycles. The van der Waals surface area contributed by atoms with E-state index in [1.165, 1.54) is 0 Å². The average Bonchev–Trinajstić information content (AvgIpc) is 2.81. The lowest BCUT2D eigenvalue weighted by molar-refractivity contribution is -0.126. The monoisotopic (exact) mass is 236 g/mol. The molecule has 5 nitrogen and oxygen atoms in total. The van der Waals surface area contributed by atoms with Crippen molar-refractivity contribution in [2.24, 2.45) is 0 Å². The molecule has 1 fully saturated rings. The molecule has 1 aliphatic rings. The van der Waals surface area contributed by atoms with Gasteiger partial charge in [-0.15, -0.1) is 0 Å². The number of nitrogens with zero attached hydrogens (tertiary/aromatic N) is 2. The molecular weight excluding hydrogens is 216 g/mol. The van der Waals surface area contributed by atoms with E-state index in [9.17, 15) is 4.79 Å². The Labute approximate surface area is 102 Å². The minimum atomic E-state index is -0.253. The van der Waals surface area contributed by atoms with Crippen LogP contribution >= 0.6 is 0 Å². The van der Waals surface area contributed by atoms with Crippen LogP contribution in [0.4, 0.5) is 0 Å². The number of nitrogens with one attached hydrogen (secondary N) is 2. The molecule has 2 N–H and O–H groups in total. The minimum absolute atomic E-state index is 0.0399. The highest BCUT2D eigenvalue weighted by atomic mass is 16.2. The van der Waals surface area contributed by atoms with Crippen molar-refractivity contribution in [3.63, 3.8) is 0 Å². The van der Waals surface area contributed by atoms with E-state index in [4.69, 9.17) is 0 Å². The number of hydrogen-bond acceptors (Lipinski definition) is 3. The second kappa shape index (κ2) is 4.87. The van der Waals surface area contributed by atoms with Crippen LogP contribution in [-0.2, 0) is 4.79 Å². The van der Waals surface area contributed by atoms with Crippen LogP contribution in [0.5, 0.6) is 0 Å². The molecule has 0 aromatic carbocycles. The standard InChI is InChI=1S/C12H20N4O/c1-10(16-9-3-6-14-16)11(17)15-12(2)4-7-13-8-5-12/h3,6,9-10,13H,4-5,7-8H2,1-2H3,(H,15,17). The van der Waals surface area contributed by atoms with E-state index in [-0.39, 0.29) is 17.5 Å². The number of piperidine rings is 1. The van der Waals surface area contributed by atoms with Gasteiger partial charge in [0.1, 0.15) is 6.04 Å². The van der Waals surface area contributed by atoms with Crippen LogP contribution in [0.25, 0.3) is 0 Å². The lowest BCUT2D eigenvalue weighted by atomic mass is 9.90. The molecule has 1 unspecified atom stereocenters. The van der Waals surface area contributed by atoms with Crippen molar-refractivity contribution >= 4 is 5.91 Å². The fourth-order valence-electron chi connectivity index (χ4n) is 2.14. The molecule has 94 valence electrons. The third-order valence-corrected chi connectivity index (χ3v) is 3.43. The SMILES string of the molecule is CC(C(=O)NC1(C)CCNCC1)n1cccn1. The van der Waals surface area contributed by atoms with Gasteiger partial charge < -0.3 is 10.6 Å². The van der Waals surface area contributed by atoms with Crippen LogP contribution in [0.2, 0.25) is 0 Å². The first-order chi connectivity index (χ1) is 8.11. The van der Waals surface area contributed by atoms with Crippen molar-refractivity contribution in [2.75, 3.05) is 13.1 Å². The molecule has 17 heavy (non-hydrogen) atoms. The summed E-state index contributed by atoms with van der Waals surface area (Å²) in [6, 6.07) is 1.58. The predicted molar refractivity (Wildman–Crippen MR) is 65.6 cm³/mol. The van der Waals surface area contributed by atoms with Crippen LogP contribution in [0.15, 0.2) is 18.5 Å². The Morgan fingerprint density at radius 2 is 2.24 bits per heavy atom. The van der Waals surface area contributed by atoms with E-state index < -0.39 is 0 Å². The Morgan fingerprint density at radius 3 is 2.82 bits per heavy atom. The lowest BCUT2D eigenvalue weighted by Crippen LogP contribution is -2.53. The van der Waals surface area contributed by atoms with Gasteiger partial charge in [0.25, 0.3) is 0 Å². The third-order valence-electron chi connectivity index (χ3n) is 3.43. The summed E-state index contributed by atoms with van der Waals surface area (Å²) in [6.45, 7) is 5.91. The van der Waals surface area contributed by atoms with Gasteiger partial charge in [0.05, 0.1) is 0 Å². The second-order valence-electron chi connectivity index (χ2n) is 4.96. The zero-order chi connectivity index (χ0) is 12.3. The van der Waals surface area contributed by atoms with E-state index >= 15 is 0 Å². The van der Waals surface area contributed by atoms with Crippen molar-refractivity contribution in [3.05, 3.63) is 18.5 Å². The molecule has 1 saturated heterocycles. The van der Waals surface area contributed by atoms with Gasteiger partial charge in [0.15, 0.2) is 0 Å². The summed E-state index contributed by atoms with van der Waals surface area (Å²) >= 11 is 0. The molecule has 1 aliphatic heterocycles. The average molecular weight is 236 g/mol. The molecule has 2 heterocycles. The van der Waals surface area contributed by atoms with Crippen LogP contribution in [-0.4, -0.2) is 34.3 Å². The molecule has 1 atom stereocenters. The van der Waals surface area contributed by atoms with Gasteiger partial charge in [-0.25, -0.2) is 0 Å². The number of carbonyl (C=O) groups is 1. The fourth-order valence-corrected chi connectivity index (χ4v) is 2.14. The Hall–Kier alpha value is -1.36. The summed E-state index contributed by atoms with van der Waals surface area (Å²) in [5.41, 5.74) is -0.0796. The normalized spacial score (nSPS) is 20.8. The van der Waals surface area contributed by atoms with Gasteiger partial charge in [-0.1, -0.05) is 0 Å². The summed E-state index contributed by atoms with van der Waals surface area (Å²) in [4.78, 5) is 12.1. The van der Waals surface area contributed by atoms with E-state index in [1.54, 1.807) is 10.9 Å². The van der Waals surface area contributed by atoms with E-state index in [0.29, 0.717) is 0 Å². The van der Waals surface area contributed by atoms with E-state index in [2.05, 4.69) is 22.7 Å². The van der Waals surface area contributed by atoms with Crippen LogP contribution in [0.1, 0.15) is 32.7 Å². The van der Waals surface area contributed by atoms with Crippen molar-refractivity contribution in [1.82, 2.24) is 20.4 Å². The smallest absolute Gasteiger partial charge is 0.244 e. The molecule has 1 amide bonds. The molecular formula is C12H20N4O. The molecule has 0 aliphatic carbocycles. The van der Waals surface area contributed by atoms with Crippen LogP contribution in [0.3, 0.4) is 0 Å². The Kier molecular flexibility index (Phi) is 3.47. The number of aromatic nitrogens is 2. The number of carbonyl (C=O) groups excluding carboxylic acids is 1. The third kappa shape index (κ3) is 2.85. The maximum Gasteiger partial charge on any atom is 0.244 e. The summed E-state index contributed by atoms with van der Waals surface area (Å²) < 4.78 is 1.68. The maximum atomic E-state index is 12.1. The minimum Gasteiger partial charge on any atom is -0.349 e. The quantitative estimate of drug-likeness (QED) is 0.812. The summed E-state index contributed by atoms with van der Waals surface area (Å²) in [5.74, 6) is 0.0399. The number of amides is 1. The van der Waals surface area contributed by atoms with Crippen molar-refractivity contribution in [3.8, 4) is 0 Å². The molecule has 0 bridgehead atoms. The lowest BCUT2D eigenvalue weighted by Gasteiger charge is -2.35. The molecule has 5 heteroatoms. The topological polar surface area (TPSA) is 59.0 Å². The molecule has 1 aromatic rings. The summed E-state index contributed by atoms with van der Waals surface area (Å²) in [5, 5.41) is 10.5. The van der Waals surface area contributed by atoms with E-state index in [1.807, 2.05) is 19.2 Å². The van der Waals surface area contributed by atoms with Crippen molar-refractivity contribution in [2.45, 2.75) is 38.3 Å². The first-order valence-corrected chi connectivity index (χ1v) is 6.13. The molecule has 2 rings (SSSR count). The van der Waals surface area contributed by atoms with E-state index in [0.717, 1.165) is 25.9 Å². The highest BCUT2D eigenvalue weighted by Gasteiger charge is 2.30. The van der Waals surface area contributed by atoms with Crippen molar-refractivity contribution < 1.29 is 4.79 Å². The number of rotatable bonds is 3. The molecule has 0 saturated carbocycles. The highest BCUT2D eigenvalue weighted by Crippen LogP contribution is 2.18. The second-order valence-corrected chi connectivity index (χ2v) is 4.96. The first kappa shape index (κ1) is 12.1. The van der Waals surface area contributed by atoms with Gasteiger partial charge in [-0.05, 0) is 45.8 Å². The first-order valence-electron chi connectivity index (χ1n) is 6.13. The molecule has 0 spiro atoms. The zero-order valence-corrected chi connectivity index (χ0v) is 10.4. The van der Waals surface area contributed by atoms with Gasteiger partial charge >= 0.3 is 0 Å². The van der Waals surface area contributed by atoms with Crippen molar-refractivity contribution in [1.29, 1.82) is 0 Å². The Morgan fingerprint density at radius 1 is 1.53 bits per heavy atom. The highest BCUT2D eigenvalue weighted by molar-refractivity contribution is 5.80. The Balaban J connectivity index is 1.96. The fraction of sp³-hybridized carbons (Fsp3) is 0.667.